The number of aromatic nitrogens is 3. The van der Waals surface area contributed by atoms with Crippen molar-refractivity contribution >= 4 is 5.91 Å². The summed E-state index contributed by atoms with van der Waals surface area (Å²) in [5.41, 5.74) is 0.994. The number of hydrogen-bond donors (Lipinski definition) is 2. The minimum absolute atomic E-state index is 0.0177. The molecule has 0 spiro atoms. The lowest BCUT2D eigenvalue weighted by Crippen LogP contribution is -2.35. The lowest BCUT2D eigenvalue weighted by molar-refractivity contribution is -0.123. The number of rotatable bonds is 6. The quantitative estimate of drug-likeness (QED) is 0.821. The van der Waals surface area contributed by atoms with E-state index in [1.54, 1.807) is 6.33 Å². The van der Waals surface area contributed by atoms with E-state index in [9.17, 15) is 9.90 Å². The van der Waals surface area contributed by atoms with Gasteiger partial charge in [-0.25, -0.2) is 0 Å². The summed E-state index contributed by atoms with van der Waals surface area (Å²) in [4.78, 5) is 12.0. The molecule has 7 heteroatoms. The Morgan fingerprint density at radius 2 is 2.20 bits per heavy atom. The molecule has 1 saturated carbocycles. The Morgan fingerprint density at radius 1 is 1.40 bits per heavy atom. The standard InChI is InChI=1S/C18H24N4O3/c1-12-5-3-4-6-16(12)25-10-17(24)19-9-14-7-13(8-15(14)23)18-21-20-11-22(18)2/h3-6,11,13-15,23H,7-10H2,1-2H3,(H,19,24)/t13-,14+,15+/m0/s1. The average molecular weight is 344 g/mol. The van der Waals surface area contributed by atoms with E-state index in [0.29, 0.717) is 18.7 Å². The number of nitrogens with zero attached hydrogens (tertiary/aromatic N) is 3. The molecule has 3 rings (SSSR count). The second-order valence-corrected chi connectivity index (χ2v) is 6.65. The third-order valence-corrected chi connectivity index (χ3v) is 4.78. The van der Waals surface area contributed by atoms with Gasteiger partial charge in [0.1, 0.15) is 17.9 Å². The molecule has 1 aromatic heterocycles. The number of benzene rings is 1. The van der Waals surface area contributed by atoms with Gasteiger partial charge in [-0.05, 0) is 31.4 Å². The second-order valence-electron chi connectivity index (χ2n) is 6.65. The Morgan fingerprint density at radius 3 is 2.92 bits per heavy atom. The molecule has 0 aliphatic heterocycles. The van der Waals surface area contributed by atoms with Gasteiger partial charge in [-0.3, -0.25) is 4.79 Å². The molecule has 0 unspecified atom stereocenters. The van der Waals surface area contributed by atoms with Gasteiger partial charge in [0.2, 0.25) is 0 Å². The van der Waals surface area contributed by atoms with E-state index < -0.39 is 6.10 Å². The molecular formula is C18H24N4O3. The first-order valence-electron chi connectivity index (χ1n) is 8.51. The number of nitrogens with one attached hydrogen (secondary N) is 1. The molecule has 2 N–H and O–H groups in total. The third kappa shape index (κ3) is 4.17. The second kappa shape index (κ2) is 7.65. The van der Waals surface area contributed by atoms with Crippen LogP contribution in [0.4, 0.5) is 0 Å². The van der Waals surface area contributed by atoms with E-state index in [0.717, 1.165) is 17.8 Å². The lowest BCUT2D eigenvalue weighted by Gasteiger charge is -2.15. The average Bonchev–Trinajstić information content (AvgIpc) is 3.17. The van der Waals surface area contributed by atoms with Gasteiger partial charge in [0, 0.05) is 25.4 Å². The molecule has 1 fully saturated rings. The summed E-state index contributed by atoms with van der Waals surface area (Å²) in [6, 6.07) is 7.59. The van der Waals surface area contributed by atoms with Crippen LogP contribution in [-0.4, -0.2) is 45.0 Å². The van der Waals surface area contributed by atoms with Gasteiger partial charge in [0.15, 0.2) is 6.61 Å². The van der Waals surface area contributed by atoms with Crippen LogP contribution in [0.1, 0.15) is 30.1 Å². The van der Waals surface area contributed by atoms with Crippen molar-refractivity contribution < 1.29 is 14.6 Å². The maximum atomic E-state index is 12.0. The fourth-order valence-corrected chi connectivity index (χ4v) is 3.35. The number of aliphatic hydroxyl groups excluding tert-OH is 1. The SMILES string of the molecule is Cc1ccccc1OCC(=O)NC[C@H]1C[C@H](c2nncn2C)C[C@H]1O. The van der Waals surface area contributed by atoms with Crippen molar-refractivity contribution in [3.8, 4) is 5.75 Å². The largest absolute Gasteiger partial charge is 0.484 e. The monoisotopic (exact) mass is 344 g/mol. The zero-order chi connectivity index (χ0) is 17.8. The van der Waals surface area contributed by atoms with Crippen LogP contribution in [0.2, 0.25) is 0 Å². The van der Waals surface area contributed by atoms with E-state index in [1.807, 2.05) is 42.8 Å². The fraction of sp³-hybridized carbons (Fsp3) is 0.500. The maximum Gasteiger partial charge on any atom is 0.257 e. The van der Waals surface area contributed by atoms with Crippen LogP contribution < -0.4 is 10.1 Å². The number of aliphatic hydroxyl groups is 1. The molecule has 7 nitrogen and oxygen atoms in total. The number of carbonyl (C=O) groups is 1. The summed E-state index contributed by atoms with van der Waals surface area (Å²) < 4.78 is 7.42. The van der Waals surface area contributed by atoms with Gasteiger partial charge in [0.05, 0.1) is 6.10 Å². The topological polar surface area (TPSA) is 89.3 Å². The molecule has 1 aliphatic rings. The molecule has 1 aromatic carbocycles. The van der Waals surface area contributed by atoms with Gasteiger partial charge in [-0.15, -0.1) is 10.2 Å². The predicted octanol–water partition coefficient (Wildman–Crippen LogP) is 1.17. The summed E-state index contributed by atoms with van der Waals surface area (Å²) >= 11 is 0. The predicted molar refractivity (Wildman–Crippen MR) is 92.2 cm³/mol. The van der Waals surface area contributed by atoms with Crippen molar-refractivity contribution in [1.82, 2.24) is 20.1 Å². The van der Waals surface area contributed by atoms with Gasteiger partial charge in [0.25, 0.3) is 5.91 Å². The zero-order valence-corrected chi connectivity index (χ0v) is 14.6. The molecule has 1 amide bonds. The minimum atomic E-state index is -0.445. The Labute approximate surface area is 147 Å². The first kappa shape index (κ1) is 17.4. The Bertz CT molecular complexity index is 731. The molecule has 0 saturated heterocycles. The summed E-state index contributed by atoms with van der Waals surface area (Å²) in [6.45, 7) is 2.35. The van der Waals surface area contributed by atoms with Gasteiger partial charge >= 0.3 is 0 Å². The van der Waals surface area contributed by atoms with Gasteiger partial charge < -0.3 is 19.7 Å². The highest BCUT2D eigenvalue weighted by molar-refractivity contribution is 5.77. The summed E-state index contributed by atoms with van der Waals surface area (Å²) in [7, 11) is 1.90. The Hall–Kier alpha value is -2.41. The molecule has 0 radical (unpaired) electrons. The maximum absolute atomic E-state index is 12.0. The van der Waals surface area contributed by atoms with Crippen LogP contribution in [0, 0.1) is 12.8 Å². The highest BCUT2D eigenvalue weighted by Gasteiger charge is 2.35. The van der Waals surface area contributed by atoms with Gasteiger partial charge in [-0.1, -0.05) is 18.2 Å². The van der Waals surface area contributed by atoms with E-state index in [2.05, 4.69) is 15.5 Å². The van der Waals surface area contributed by atoms with E-state index >= 15 is 0 Å². The molecule has 1 heterocycles. The van der Waals surface area contributed by atoms with Crippen molar-refractivity contribution in [2.75, 3.05) is 13.2 Å². The summed E-state index contributed by atoms with van der Waals surface area (Å²) in [5.74, 6) is 1.60. The number of carbonyl (C=O) groups excluding carboxylic acids is 1. The Kier molecular flexibility index (Phi) is 5.33. The van der Waals surface area contributed by atoms with Crippen molar-refractivity contribution in [2.24, 2.45) is 13.0 Å². The van der Waals surface area contributed by atoms with Gasteiger partial charge in [-0.2, -0.15) is 0 Å². The van der Waals surface area contributed by atoms with Crippen LogP contribution >= 0.6 is 0 Å². The van der Waals surface area contributed by atoms with Crippen LogP contribution in [0.15, 0.2) is 30.6 Å². The lowest BCUT2D eigenvalue weighted by atomic mass is 10.0. The van der Waals surface area contributed by atoms with E-state index in [4.69, 9.17) is 4.74 Å². The molecule has 1 aliphatic carbocycles. The van der Waals surface area contributed by atoms with Crippen LogP contribution in [0.3, 0.4) is 0 Å². The smallest absolute Gasteiger partial charge is 0.257 e. The molecule has 25 heavy (non-hydrogen) atoms. The summed E-state index contributed by atoms with van der Waals surface area (Å²) in [6.07, 6.45) is 2.65. The normalized spacial score (nSPS) is 22.8. The molecular weight excluding hydrogens is 320 g/mol. The third-order valence-electron chi connectivity index (χ3n) is 4.78. The van der Waals surface area contributed by atoms with Crippen molar-refractivity contribution in [2.45, 2.75) is 31.8 Å². The van der Waals surface area contributed by atoms with Crippen molar-refractivity contribution in [3.05, 3.63) is 42.0 Å². The Balaban J connectivity index is 1.46. The highest BCUT2D eigenvalue weighted by atomic mass is 16.5. The summed E-state index contributed by atoms with van der Waals surface area (Å²) in [5, 5.41) is 21.1. The molecule has 2 aromatic rings. The number of hydrogen-bond acceptors (Lipinski definition) is 5. The molecule has 3 atom stereocenters. The first-order chi connectivity index (χ1) is 12.0. The number of aryl methyl sites for hydroxylation is 2. The first-order valence-corrected chi connectivity index (χ1v) is 8.51. The minimum Gasteiger partial charge on any atom is -0.484 e. The van der Waals surface area contributed by atoms with E-state index in [-0.39, 0.29) is 24.3 Å². The zero-order valence-electron chi connectivity index (χ0n) is 14.6. The van der Waals surface area contributed by atoms with E-state index in [1.165, 1.54) is 0 Å². The molecule has 0 bridgehead atoms. The number of para-hydroxylation sites is 1. The molecule has 134 valence electrons. The van der Waals surface area contributed by atoms with Crippen LogP contribution in [0.5, 0.6) is 5.75 Å². The van der Waals surface area contributed by atoms with Crippen molar-refractivity contribution in [3.63, 3.8) is 0 Å². The highest BCUT2D eigenvalue weighted by Crippen LogP contribution is 2.37. The van der Waals surface area contributed by atoms with Crippen LogP contribution in [0.25, 0.3) is 0 Å². The number of ether oxygens (including phenoxy) is 1. The van der Waals surface area contributed by atoms with Crippen LogP contribution in [-0.2, 0) is 11.8 Å². The van der Waals surface area contributed by atoms with Crippen molar-refractivity contribution in [1.29, 1.82) is 0 Å². The fourth-order valence-electron chi connectivity index (χ4n) is 3.35. The number of amides is 1.